The number of benzene rings is 2. The first-order valence-corrected chi connectivity index (χ1v) is 8.97. The van der Waals surface area contributed by atoms with Gasteiger partial charge in [0.05, 0.1) is 0 Å². The van der Waals surface area contributed by atoms with E-state index in [-0.39, 0.29) is 5.78 Å². The first kappa shape index (κ1) is 16.8. The monoisotopic (exact) mass is 339 g/mol. The number of ketones is 1. The van der Waals surface area contributed by atoms with Gasteiger partial charge in [-0.1, -0.05) is 68.3 Å². The SMILES string of the molecule is CCCCCn1cc(C(=O)C(Cl)c2ccccc2)c2ccccc21. The summed E-state index contributed by atoms with van der Waals surface area (Å²) >= 11 is 6.47. The summed E-state index contributed by atoms with van der Waals surface area (Å²) in [5, 5.41) is 0.335. The van der Waals surface area contributed by atoms with Crippen molar-refractivity contribution in [1.82, 2.24) is 4.57 Å². The molecular weight excluding hydrogens is 318 g/mol. The van der Waals surface area contributed by atoms with Crippen LogP contribution in [0.25, 0.3) is 10.9 Å². The highest BCUT2D eigenvalue weighted by Crippen LogP contribution is 2.30. The Labute approximate surface area is 148 Å². The Kier molecular flexibility index (Phi) is 5.37. The molecule has 3 aromatic rings. The molecule has 3 heteroatoms. The number of aryl methyl sites for hydroxylation is 1. The molecule has 1 aromatic heterocycles. The van der Waals surface area contributed by atoms with Gasteiger partial charge in [-0.2, -0.15) is 0 Å². The highest BCUT2D eigenvalue weighted by molar-refractivity contribution is 6.35. The second kappa shape index (κ2) is 7.67. The number of halogens is 1. The molecule has 24 heavy (non-hydrogen) atoms. The summed E-state index contributed by atoms with van der Waals surface area (Å²) in [4.78, 5) is 13.0. The third-order valence-corrected chi connectivity index (χ3v) is 4.83. The summed E-state index contributed by atoms with van der Waals surface area (Å²) in [6, 6.07) is 17.6. The lowest BCUT2D eigenvalue weighted by molar-refractivity contribution is 0.0988. The molecule has 0 aliphatic rings. The fourth-order valence-electron chi connectivity index (χ4n) is 3.07. The van der Waals surface area contributed by atoms with Crippen LogP contribution in [-0.4, -0.2) is 10.4 Å². The number of nitrogens with zero attached hydrogens (tertiary/aromatic N) is 1. The second-order valence-corrected chi connectivity index (χ2v) is 6.53. The fourth-order valence-corrected chi connectivity index (χ4v) is 3.33. The van der Waals surface area contributed by atoms with Gasteiger partial charge in [-0.25, -0.2) is 0 Å². The molecule has 0 aliphatic carbocycles. The molecule has 0 radical (unpaired) electrons. The molecule has 0 N–H and O–H groups in total. The van der Waals surface area contributed by atoms with Gasteiger partial charge in [0.1, 0.15) is 5.38 Å². The van der Waals surface area contributed by atoms with E-state index in [1.54, 1.807) is 0 Å². The van der Waals surface area contributed by atoms with E-state index in [4.69, 9.17) is 11.6 Å². The molecule has 0 saturated carbocycles. The predicted molar refractivity (Wildman–Crippen MR) is 101 cm³/mol. The minimum atomic E-state index is -0.652. The van der Waals surface area contributed by atoms with Gasteiger partial charge in [0.25, 0.3) is 0 Å². The molecule has 1 unspecified atom stereocenters. The third kappa shape index (κ3) is 3.39. The summed E-state index contributed by atoms with van der Waals surface area (Å²) in [7, 11) is 0. The summed E-state index contributed by atoms with van der Waals surface area (Å²) in [5.74, 6) is -0.0340. The number of fused-ring (bicyclic) bond motifs is 1. The lowest BCUT2D eigenvalue weighted by Crippen LogP contribution is -2.07. The zero-order valence-corrected chi connectivity index (χ0v) is 14.7. The van der Waals surface area contributed by atoms with Crippen LogP contribution in [0.5, 0.6) is 0 Å². The number of hydrogen-bond acceptors (Lipinski definition) is 1. The summed E-state index contributed by atoms with van der Waals surface area (Å²) in [6.07, 6.45) is 5.47. The maximum atomic E-state index is 13.0. The molecule has 2 aromatic carbocycles. The standard InChI is InChI=1S/C21H22ClNO/c1-2-3-9-14-23-15-18(17-12-7-8-13-19(17)23)21(24)20(22)16-10-5-4-6-11-16/h4-8,10-13,15,20H,2-3,9,14H2,1H3. The number of unbranched alkanes of at least 4 members (excludes halogenated alkanes) is 2. The minimum absolute atomic E-state index is 0.0340. The van der Waals surface area contributed by atoms with Crippen molar-refractivity contribution in [2.75, 3.05) is 0 Å². The average Bonchev–Trinajstić information content (AvgIpc) is 3.00. The van der Waals surface area contributed by atoms with Gasteiger partial charge in [0, 0.05) is 29.2 Å². The zero-order chi connectivity index (χ0) is 16.9. The van der Waals surface area contributed by atoms with Crippen LogP contribution in [0.1, 0.15) is 47.5 Å². The molecule has 1 heterocycles. The molecule has 0 aliphatic heterocycles. The lowest BCUT2D eigenvalue weighted by Gasteiger charge is -2.08. The number of aromatic nitrogens is 1. The number of Topliss-reactive ketones (excluding diaryl/α,β-unsaturated/α-hetero) is 1. The van der Waals surface area contributed by atoms with Crippen LogP contribution < -0.4 is 0 Å². The van der Waals surface area contributed by atoms with E-state index in [0.29, 0.717) is 5.56 Å². The van der Waals surface area contributed by atoms with Crippen LogP contribution in [-0.2, 0) is 6.54 Å². The fraction of sp³-hybridized carbons (Fsp3) is 0.286. The summed E-state index contributed by atoms with van der Waals surface area (Å²) in [6.45, 7) is 3.13. The van der Waals surface area contributed by atoms with Crippen molar-refractivity contribution in [2.45, 2.75) is 38.1 Å². The maximum Gasteiger partial charge on any atom is 0.187 e. The van der Waals surface area contributed by atoms with E-state index in [0.717, 1.165) is 29.4 Å². The normalized spacial score (nSPS) is 12.4. The minimum Gasteiger partial charge on any atom is -0.347 e. The Balaban J connectivity index is 1.95. The molecule has 0 bridgehead atoms. The number of alkyl halides is 1. The van der Waals surface area contributed by atoms with Gasteiger partial charge >= 0.3 is 0 Å². The predicted octanol–water partition coefficient (Wildman–Crippen LogP) is 5.99. The first-order chi connectivity index (χ1) is 11.7. The summed E-state index contributed by atoms with van der Waals surface area (Å²) < 4.78 is 2.19. The van der Waals surface area contributed by atoms with Crippen LogP contribution in [0.4, 0.5) is 0 Å². The molecular formula is C21H22ClNO. The van der Waals surface area contributed by atoms with Gasteiger partial charge in [-0.05, 0) is 18.1 Å². The molecule has 0 fully saturated rings. The van der Waals surface area contributed by atoms with Crippen molar-refractivity contribution >= 4 is 28.3 Å². The van der Waals surface area contributed by atoms with E-state index >= 15 is 0 Å². The molecule has 0 saturated heterocycles. The first-order valence-electron chi connectivity index (χ1n) is 8.53. The Hall–Kier alpha value is -2.06. The largest absolute Gasteiger partial charge is 0.347 e. The molecule has 124 valence electrons. The van der Waals surface area contributed by atoms with Gasteiger partial charge < -0.3 is 4.57 Å². The number of rotatable bonds is 7. The smallest absolute Gasteiger partial charge is 0.187 e. The number of carbonyl (C=O) groups excluding carboxylic acids is 1. The third-order valence-electron chi connectivity index (χ3n) is 4.38. The van der Waals surface area contributed by atoms with Crippen LogP contribution in [0, 0.1) is 0 Å². The van der Waals surface area contributed by atoms with Crippen molar-refractivity contribution < 1.29 is 4.79 Å². The van der Waals surface area contributed by atoms with E-state index in [2.05, 4.69) is 17.6 Å². The van der Waals surface area contributed by atoms with Crippen LogP contribution in [0.15, 0.2) is 60.8 Å². The maximum absolute atomic E-state index is 13.0. The zero-order valence-electron chi connectivity index (χ0n) is 13.9. The Bertz CT molecular complexity index is 822. The van der Waals surface area contributed by atoms with E-state index in [1.165, 1.54) is 12.8 Å². The lowest BCUT2D eigenvalue weighted by atomic mass is 10.0. The second-order valence-electron chi connectivity index (χ2n) is 6.10. The van der Waals surface area contributed by atoms with Crippen LogP contribution >= 0.6 is 11.6 Å². The number of carbonyl (C=O) groups is 1. The van der Waals surface area contributed by atoms with E-state index in [9.17, 15) is 4.79 Å². The van der Waals surface area contributed by atoms with Crippen LogP contribution in [0.2, 0.25) is 0 Å². The Morgan fingerprint density at radius 2 is 1.75 bits per heavy atom. The molecule has 0 spiro atoms. The van der Waals surface area contributed by atoms with Crippen molar-refractivity contribution in [1.29, 1.82) is 0 Å². The van der Waals surface area contributed by atoms with E-state index < -0.39 is 5.38 Å². The quantitative estimate of drug-likeness (QED) is 0.294. The van der Waals surface area contributed by atoms with Gasteiger partial charge in [0.15, 0.2) is 5.78 Å². The van der Waals surface area contributed by atoms with Gasteiger partial charge in [0.2, 0.25) is 0 Å². The summed E-state index contributed by atoms with van der Waals surface area (Å²) in [5.41, 5.74) is 2.66. The van der Waals surface area contributed by atoms with Crippen LogP contribution in [0.3, 0.4) is 0 Å². The number of hydrogen-bond donors (Lipinski definition) is 0. The Morgan fingerprint density at radius 3 is 2.50 bits per heavy atom. The highest BCUT2D eigenvalue weighted by Gasteiger charge is 2.23. The van der Waals surface area contributed by atoms with Crippen molar-refractivity contribution in [3.05, 3.63) is 71.9 Å². The topological polar surface area (TPSA) is 22.0 Å². The Morgan fingerprint density at radius 1 is 1.04 bits per heavy atom. The molecule has 3 rings (SSSR count). The van der Waals surface area contributed by atoms with E-state index in [1.807, 2.05) is 54.7 Å². The average molecular weight is 340 g/mol. The molecule has 0 amide bonds. The molecule has 1 atom stereocenters. The van der Waals surface area contributed by atoms with Crippen molar-refractivity contribution in [3.8, 4) is 0 Å². The van der Waals surface area contributed by atoms with Gasteiger partial charge in [-0.15, -0.1) is 11.6 Å². The number of para-hydroxylation sites is 1. The highest BCUT2D eigenvalue weighted by atomic mass is 35.5. The van der Waals surface area contributed by atoms with Gasteiger partial charge in [-0.3, -0.25) is 4.79 Å². The van der Waals surface area contributed by atoms with Crippen molar-refractivity contribution in [2.24, 2.45) is 0 Å². The molecule has 2 nitrogen and oxygen atoms in total. The van der Waals surface area contributed by atoms with Crippen molar-refractivity contribution in [3.63, 3.8) is 0 Å².